The molecule has 5 nitrogen and oxygen atoms in total. The summed E-state index contributed by atoms with van der Waals surface area (Å²) in [5.74, 6) is -0.00520. The molecule has 0 spiro atoms. The Hall–Kier alpha value is -2.44. The van der Waals surface area contributed by atoms with Gasteiger partial charge in [-0.15, -0.1) is 0 Å². The van der Waals surface area contributed by atoms with Crippen LogP contribution in [0, 0.1) is 6.92 Å². The Labute approximate surface area is 154 Å². The first kappa shape index (κ1) is 17.4. The van der Waals surface area contributed by atoms with Crippen LogP contribution in [0.3, 0.4) is 0 Å². The van der Waals surface area contributed by atoms with Crippen LogP contribution in [0.2, 0.25) is 5.15 Å². The number of anilines is 1. The first-order valence-corrected chi connectivity index (χ1v) is 8.92. The standard InChI is InChI=1S/C18H15ClN4OS/c1-12-10-15(13-6-3-2-4-7-13)23-18(21-12)25-11-16(24)22-14-8-5-9-20-17(14)19/h2-10H,11H2,1H3,(H,22,24). The van der Waals surface area contributed by atoms with Crippen LogP contribution in [-0.2, 0) is 4.79 Å². The minimum atomic E-state index is -0.189. The second kappa shape index (κ2) is 8.09. The number of halogens is 1. The number of nitrogens with zero attached hydrogens (tertiary/aromatic N) is 3. The summed E-state index contributed by atoms with van der Waals surface area (Å²) >= 11 is 7.22. The van der Waals surface area contributed by atoms with Crippen molar-refractivity contribution in [2.75, 3.05) is 11.1 Å². The summed E-state index contributed by atoms with van der Waals surface area (Å²) in [5, 5.41) is 3.56. The Morgan fingerprint density at radius 2 is 1.96 bits per heavy atom. The molecule has 2 aromatic heterocycles. The Kier molecular flexibility index (Phi) is 5.63. The van der Waals surface area contributed by atoms with Crippen molar-refractivity contribution in [3.05, 3.63) is 65.6 Å². The lowest BCUT2D eigenvalue weighted by atomic mass is 10.1. The second-order valence-electron chi connectivity index (χ2n) is 5.22. The van der Waals surface area contributed by atoms with Gasteiger partial charge in [0.15, 0.2) is 10.3 Å². The average molecular weight is 371 g/mol. The van der Waals surface area contributed by atoms with Crippen LogP contribution in [0.5, 0.6) is 0 Å². The molecular formula is C18H15ClN4OS. The molecule has 0 saturated carbocycles. The highest BCUT2D eigenvalue weighted by molar-refractivity contribution is 7.99. The van der Waals surface area contributed by atoms with Gasteiger partial charge in [-0.3, -0.25) is 4.79 Å². The fourth-order valence-electron chi connectivity index (χ4n) is 2.16. The minimum Gasteiger partial charge on any atom is -0.323 e. The van der Waals surface area contributed by atoms with Crippen LogP contribution in [0.15, 0.2) is 59.9 Å². The Balaban J connectivity index is 1.68. The van der Waals surface area contributed by atoms with E-state index in [4.69, 9.17) is 11.6 Å². The summed E-state index contributed by atoms with van der Waals surface area (Å²) in [6.45, 7) is 1.91. The molecule has 3 rings (SSSR count). The molecule has 2 heterocycles. The van der Waals surface area contributed by atoms with Gasteiger partial charge in [0.2, 0.25) is 5.91 Å². The first-order valence-electron chi connectivity index (χ1n) is 7.56. The topological polar surface area (TPSA) is 67.8 Å². The van der Waals surface area contributed by atoms with Crippen molar-refractivity contribution >= 4 is 35.0 Å². The van der Waals surface area contributed by atoms with Gasteiger partial charge in [0.05, 0.1) is 17.1 Å². The van der Waals surface area contributed by atoms with E-state index in [-0.39, 0.29) is 16.8 Å². The van der Waals surface area contributed by atoms with Crippen LogP contribution in [0.1, 0.15) is 5.69 Å². The minimum absolute atomic E-state index is 0.183. The molecule has 0 unspecified atom stereocenters. The predicted molar refractivity (Wildman–Crippen MR) is 101 cm³/mol. The number of aryl methyl sites for hydroxylation is 1. The van der Waals surface area contributed by atoms with Crippen LogP contribution in [0.25, 0.3) is 11.3 Å². The quantitative estimate of drug-likeness (QED) is 0.413. The smallest absolute Gasteiger partial charge is 0.234 e. The number of carbonyl (C=O) groups is 1. The number of benzene rings is 1. The summed E-state index contributed by atoms with van der Waals surface area (Å²) in [7, 11) is 0. The van der Waals surface area contributed by atoms with Crippen LogP contribution < -0.4 is 5.32 Å². The largest absolute Gasteiger partial charge is 0.323 e. The van der Waals surface area contributed by atoms with Crippen molar-refractivity contribution < 1.29 is 4.79 Å². The van der Waals surface area contributed by atoms with E-state index < -0.39 is 0 Å². The summed E-state index contributed by atoms with van der Waals surface area (Å²) in [6, 6.07) is 15.2. The predicted octanol–water partition coefficient (Wildman–Crippen LogP) is 4.23. The highest BCUT2D eigenvalue weighted by atomic mass is 35.5. The monoisotopic (exact) mass is 370 g/mol. The fourth-order valence-corrected chi connectivity index (χ4v) is 3.03. The van der Waals surface area contributed by atoms with Gasteiger partial charge in [0.25, 0.3) is 0 Å². The van der Waals surface area contributed by atoms with Crippen molar-refractivity contribution in [1.82, 2.24) is 15.0 Å². The number of rotatable bonds is 5. The molecule has 25 heavy (non-hydrogen) atoms. The fraction of sp³-hybridized carbons (Fsp3) is 0.111. The zero-order chi connectivity index (χ0) is 17.6. The first-order chi connectivity index (χ1) is 12.1. The van der Waals surface area contributed by atoms with Gasteiger partial charge in [-0.2, -0.15) is 0 Å². The van der Waals surface area contributed by atoms with Crippen molar-refractivity contribution in [2.45, 2.75) is 12.1 Å². The number of hydrogen-bond donors (Lipinski definition) is 1. The molecule has 126 valence electrons. The molecule has 0 aliphatic heterocycles. The van der Waals surface area contributed by atoms with E-state index in [1.807, 2.05) is 43.3 Å². The Bertz CT molecular complexity index is 889. The summed E-state index contributed by atoms with van der Waals surface area (Å²) in [6.07, 6.45) is 1.57. The van der Waals surface area contributed by atoms with Gasteiger partial charge in [-0.1, -0.05) is 53.7 Å². The summed E-state index contributed by atoms with van der Waals surface area (Å²) in [4.78, 5) is 25.0. The molecule has 0 fully saturated rings. The number of carbonyl (C=O) groups excluding carboxylic acids is 1. The molecule has 1 N–H and O–H groups in total. The normalized spacial score (nSPS) is 10.5. The molecule has 0 saturated heterocycles. The van der Waals surface area contributed by atoms with Gasteiger partial charge in [0.1, 0.15) is 0 Å². The summed E-state index contributed by atoms with van der Waals surface area (Å²) in [5.41, 5.74) is 3.20. The Morgan fingerprint density at radius 1 is 1.16 bits per heavy atom. The van der Waals surface area contributed by atoms with Gasteiger partial charge in [0, 0.05) is 17.5 Å². The zero-order valence-corrected chi connectivity index (χ0v) is 15.0. The van der Waals surface area contributed by atoms with Crippen LogP contribution >= 0.6 is 23.4 Å². The van der Waals surface area contributed by atoms with E-state index in [0.29, 0.717) is 10.8 Å². The van der Waals surface area contributed by atoms with Crippen LogP contribution in [-0.4, -0.2) is 26.6 Å². The third kappa shape index (κ3) is 4.78. The van der Waals surface area contributed by atoms with Crippen LogP contribution in [0.4, 0.5) is 5.69 Å². The third-order valence-corrected chi connectivity index (χ3v) is 4.42. The molecule has 0 aliphatic carbocycles. The molecule has 7 heteroatoms. The van der Waals surface area contributed by atoms with Crippen molar-refractivity contribution in [3.63, 3.8) is 0 Å². The van der Waals surface area contributed by atoms with Gasteiger partial charge < -0.3 is 5.32 Å². The lowest BCUT2D eigenvalue weighted by Gasteiger charge is -2.07. The molecular weight excluding hydrogens is 356 g/mol. The van der Waals surface area contributed by atoms with Gasteiger partial charge in [-0.05, 0) is 25.1 Å². The highest BCUT2D eigenvalue weighted by Gasteiger charge is 2.10. The van der Waals surface area contributed by atoms with E-state index >= 15 is 0 Å². The average Bonchev–Trinajstić information content (AvgIpc) is 2.62. The number of nitrogens with one attached hydrogen (secondary N) is 1. The van der Waals surface area contributed by atoms with Crippen molar-refractivity contribution in [1.29, 1.82) is 0 Å². The second-order valence-corrected chi connectivity index (χ2v) is 6.52. The number of hydrogen-bond acceptors (Lipinski definition) is 5. The molecule has 1 amide bonds. The SMILES string of the molecule is Cc1cc(-c2ccccc2)nc(SCC(=O)Nc2cccnc2Cl)n1. The molecule has 1 aromatic carbocycles. The highest BCUT2D eigenvalue weighted by Crippen LogP contribution is 2.22. The van der Waals surface area contributed by atoms with E-state index in [1.54, 1.807) is 18.3 Å². The molecule has 0 bridgehead atoms. The van der Waals surface area contributed by atoms with Gasteiger partial charge >= 0.3 is 0 Å². The number of aromatic nitrogens is 3. The van der Waals surface area contributed by atoms with E-state index in [1.165, 1.54) is 11.8 Å². The van der Waals surface area contributed by atoms with Crippen molar-refractivity contribution in [3.8, 4) is 11.3 Å². The maximum atomic E-state index is 12.1. The number of thioether (sulfide) groups is 1. The van der Waals surface area contributed by atoms with E-state index in [0.717, 1.165) is 17.0 Å². The Morgan fingerprint density at radius 3 is 2.72 bits per heavy atom. The van der Waals surface area contributed by atoms with E-state index in [2.05, 4.69) is 20.3 Å². The lowest BCUT2D eigenvalue weighted by Crippen LogP contribution is -2.15. The number of amides is 1. The van der Waals surface area contributed by atoms with Crippen molar-refractivity contribution in [2.24, 2.45) is 0 Å². The maximum Gasteiger partial charge on any atom is 0.234 e. The van der Waals surface area contributed by atoms with Gasteiger partial charge in [-0.25, -0.2) is 15.0 Å². The third-order valence-electron chi connectivity index (χ3n) is 3.27. The zero-order valence-electron chi connectivity index (χ0n) is 13.4. The number of pyridine rings is 1. The maximum absolute atomic E-state index is 12.1. The molecule has 0 radical (unpaired) electrons. The lowest BCUT2D eigenvalue weighted by molar-refractivity contribution is -0.113. The van der Waals surface area contributed by atoms with E-state index in [9.17, 15) is 4.79 Å². The molecule has 0 aliphatic rings. The summed E-state index contributed by atoms with van der Waals surface area (Å²) < 4.78 is 0. The molecule has 0 atom stereocenters. The molecule has 3 aromatic rings.